The molecule has 2 aliphatic heterocycles. The Labute approximate surface area is 233 Å². The number of carboxylic acids is 2. The van der Waals surface area contributed by atoms with Gasteiger partial charge in [-0.25, -0.2) is 4.79 Å². The predicted molar refractivity (Wildman–Crippen MR) is 142 cm³/mol. The number of amides is 1. The number of esters is 1. The zero-order chi connectivity index (χ0) is 29.4. The van der Waals surface area contributed by atoms with Crippen LogP contribution >= 0.6 is 0 Å². The van der Waals surface area contributed by atoms with Crippen molar-refractivity contribution in [3.05, 3.63) is 22.8 Å². The summed E-state index contributed by atoms with van der Waals surface area (Å²) in [6, 6.07) is 0.0884. The van der Waals surface area contributed by atoms with Crippen LogP contribution in [-0.2, 0) is 32.1 Å². The summed E-state index contributed by atoms with van der Waals surface area (Å²) in [6.45, 7) is 10.1. The maximum Gasteiger partial charge on any atom is 0.326 e. The number of hydrogen-bond acceptors (Lipinski definition) is 7. The molecule has 0 radical (unpaired) electrons. The second-order valence-electron chi connectivity index (χ2n) is 13.0. The summed E-state index contributed by atoms with van der Waals surface area (Å²) in [7, 11) is 0. The van der Waals surface area contributed by atoms with E-state index in [1.807, 2.05) is 0 Å². The number of aromatic hydroxyl groups is 1. The van der Waals surface area contributed by atoms with Crippen LogP contribution in [0.5, 0.6) is 11.5 Å². The molecule has 40 heavy (non-hydrogen) atoms. The van der Waals surface area contributed by atoms with Crippen molar-refractivity contribution in [1.82, 2.24) is 4.90 Å². The van der Waals surface area contributed by atoms with Gasteiger partial charge in [-0.1, -0.05) is 27.7 Å². The largest absolute Gasteiger partial charge is 0.508 e. The third-order valence-corrected chi connectivity index (χ3v) is 10.7. The molecular formula is C30H39NO9. The predicted octanol–water partition coefficient (Wildman–Crippen LogP) is 4.14. The van der Waals surface area contributed by atoms with Gasteiger partial charge in [-0.05, 0) is 50.5 Å². The summed E-state index contributed by atoms with van der Waals surface area (Å²) in [4.78, 5) is 49.8. The van der Waals surface area contributed by atoms with E-state index < -0.39 is 41.3 Å². The maximum absolute atomic E-state index is 13.5. The van der Waals surface area contributed by atoms with Crippen molar-refractivity contribution in [3.63, 3.8) is 0 Å². The first-order valence-corrected chi connectivity index (χ1v) is 14.1. The summed E-state index contributed by atoms with van der Waals surface area (Å²) < 4.78 is 12.9. The van der Waals surface area contributed by atoms with Crippen molar-refractivity contribution in [2.45, 2.75) is 104 Å². The third-order valence-electron chi connectivity index (χ3n) is 10.7. The minimum atomic E-state index is -1.32. The van der Waals surface area contributed by atoms with Crippen LogP contribution in [0.1, 0.15) is 94.6 Å². The molecule has 1 aromatic rings. The van der Waals surface area contributed by atoms with Gasteiger partial charge in [-0.3, -0.25) is 14.4 Å². The number of carbonyl (C=O) groups excluding carboxylic acids is 2. The first-order chi connectivity index (χ1) is 18.6. The molecule has 0 aromatic heterocycles. The summed E-state index contributed by atoms with van der Waals surface area (Å²) in [5.74, 6) is -2.61. The Morgan fingerprint density at radius 2 is 1.85 bits per heavy atom. The Hall–Kier alpha value is -3.30. The third kappa shape index (κ3) is 3.96. The average Bonchev–Trinajstić information content (AvgIpc) is 3.16. The van der Waals surface area contributed by atoms with E-state index in [1.54, 1.807) is 0 Å². The quantitative estimate of drug-likeness (QED) is 0.438. The molecule has 2 heterocycles. The van der Waals surface area contributed by atoms with Crippen molar-refractivity contribution in [2.75, 3.05) is 0 Å². The number of fused-ring (bicyclic) bond motifs is 3. The van der Waals surface area contributed by atoms with Gasteiger partial charge in [0.2, 0.25) is 0 Å². The SMILES string of the molecule is CC(=O)O[C@@H]1CC[C@@]23Oc4c(c(O)cc5c4CN(C(CCC(=O)O)C(=O)O)C5=O)C[C@]2(C)[C@@H](C)CC[C@H]3C1(C)C. The van der Waals surface area contributed by atoms with E-state index in [2.05, 4.69) is 27.7 Å². The highest BCUT2D eigenvalue weighted by molar-refractivity contribution is 6.02. The molecular weight excluding hydrogens is 518 g/mol. The highest BCUT2D eigenvalue weighted by Crippen LogP contribution is 2.67. The van der Waals surface area contributed by atoms with Gasteiger partial charge in [0.1, 0.15) is 29.2 Å². The second kappa shape index (κ2) is 9.38. The van der Waals surface area contributed by atoms with Gasteiger partial charge in [0.05, 0.1) is 12.1 Å². The normalized spacial score (nSPS) is 32.6. The summed E-state index contributed by atoms with van der Waals surface area (Å²) >= 11 is 0. The zero-order valence-electron chi connectivity index (χ0n) is 23.8. The first-order valence-electron chi connectivity index (χ1n) is 14.1. The molecule has 2 saturated carbocycles. The van der Waals surface area contributed by atoms with Crippen molar-refractivity contribution >= 4 is 23.8 Å². The van der Waals surface area contributed by atoms with Gasteiger partial charge >= 0.3 is 17.9 Å². The van der Waals surface area contributed by atoms with Crippen LogP contribution in [0.2, 0.25) is 0 Å². The van der Waals surface area contributed by atoms with Crippen LogP contribution in [0.15, 0.2) is 6.07 Å². The summed E-state index contributed by atoms with van der Waals surface area (Å²) in [6.07, 6.45) is 2.73. The van der Waals surface area contributed by atoms with E-state index >= 15 is 0 Å². The fourth-order valence-electron chi connectivity index (χ4n) is 8.38. The number of nitrogens with zero attached hydrogens (tertiary/aromatic N) is 1. The minimum Gasteiger partial charge on any atom is -0.508 e. The smallest absolute Gasteiger partial charge is 0.326 e. The van der Waals surface area contributed by atoms with E-state index in [4.69, 9.17) is 14.6 Å². The van der Waals surface area contributed by atoms with Gasteiger partial charge in [0, 0.05) is 41.2 Å². The van der Waals surface area contributed by atoms with Crippen LogP contribution < -0.4 is 4.74 Å². The van der Waals surface area contributed by atoms with Crippen LogP contribution in [0.3, 0.4) is 0 Å². The maximum atomic E-state index is 13.5. The van der Waals surface area contributed by atoms with Gasteiger partial charge in [0.15, 0.2) is 0 Å². The summed E-state index contributed by atoms with van der Waals surface area (Å²) in [5.41, 5.74) is -0.0491. The molecule has 4 aliphatic rings. The Balaban J connectivity index is 1.59. The number of aliphatic carboxylic acids is 2. The Morgan fingerprint density at radius 1 is 1.15 bits per heavy atom. The number of carbonyl (C=O) groups is 4. The molecule has 3 N–H and O–H groups in total. The van der Waals surface area contributed by atoms with E-state index in [0.717, 1.165) is 12.8 Å². The van der Waals surface area contributed by atoms with Crippen LogP contribution in [0.4, 0.5) is 0 Å². The molecule has 10 nitrogen and oxygen atoms in total. The molecule has 0 bridgehead atoms. The number of phenols is 1. The van der Waals surface area contributed by atoms with Gasteiger partial charge in [-0.2, -0.15) is 0 Å². The van der Waals surface area contributed by atoms with Gasteiger partial charge in [-0.15, -0.1) is 0 Å². The van der Waals surface area contributed by atoms with E-state index in [0.29, 0.717) is 36.1 Å². The fraction of sp³-hybridized carbons (Fsp3) is 0.667. The van der Waals surface area contributed by atoms with Crippen LogP contribution in [0, 0.1) is 22.7 Å². The Morgan fingerprint density at radius 3 is 2.48 bits per heavy atom. The first kappa shape index (κ1) is 28.2. The number of rotatable bonds is 6. The highest BCUT2D eigenvalue weighted by Gasteiger charge is 2.68. The molecule has 218 valence electrons. The molecule has 6 atom stereocenters. The summed E-state index contributed by atoms with van der Waals surface area (Å²) in [5, 5.41) is 30.1. The van der Waals surface area contributed by atoms with E-state index in [9.17, 15) is 29.4 Å². The standard InChI is InChI=1S/C30H39NO9/c1-15-6-8-22-28(3,4)23(39-16(2)32)10-11-30(22)29(15,5)13-18-21(33)12-17-19(25(18)40-30)14-31(26(17)36)20(27(37)38)7-9-24(34)35/h12,15,20,22-23,33H,6-11,13-14H2,1-5H3,(H,34,35)(H,37,38)/t15-,20?,22-,23+,29+,30-/m0/s1. The number of carboxylic acid groups (broad SMARTS) is 2. The van der Waals surface area contributed by atoms with Crippen molar-refractivity contribution in [3.8, 4) is 11.5 Å². The number of ether oxygens (including phenoxy) is 2. The monoisotopic (exact) mass is 557 g/mol. The van der Waals surface area contributed by atoms with Crippen molar-refractivity contribution in [1.29, 1.82) is 0 Å². The van der Waals surface area contributed by atoms with Gasteiger partial charge in [0.25, 0.3) is 5.91 Å². The Bertz CT molecular complexity index is 1290. The molecule has 2 fully saturated rings. The van der Waals surface area contributed by atoms with E-state index in [1.165, 1.54) is 17.9 Å². The lowest BCUT2D eigenvalue weighted by atomic mass is 9.43. The molecule has 1 spiro atoms. The number of phenolic OH excluding ortho intramolecular Hbond substituents is 1. The molecule has 1 amide bonds. The van der Waals surface area contributed by atoms with Crippen molar-refractivity contribution < 1.29 is 44.0 Å². The minimum absolute atomic E-state index is 0.0287. The molecule has 1 aromatic carbocycles. The molecule has 2 aliphatic carbocycles. The van der Waals surface area contributed by atoms with Crippen LogP contribution in [0.25, 0.3) is 0 Å². The Kier molecular flexibility index (Phi) is 6.62. The lowest BCUT2D eigenvalue weighted by Gasteiger charge is -2.67. The second-order valence-corrected chi connectivity index (χ2v) is 13.0. The molecule has 10 heteroatoms. The van der Waals surface area contributed by atoms with Gasteiger partial charge < -0.3 is 29.7 Å². The molecule has 0 saturated heterocycles. The molecule has 1 unspecified atom stereocenters. The lowest BCUT2D eigenvalue weighted by molar-refractivity contribution is -0.238. The number of hydrogen-bond donors (Lipinski definition) is 3. The van der Waals surface area contributed by atoms with Crippen molar-refractivity contribution in [2.24, 2.45) is 22.7 Å². The average molecular weight is 558 g/mol. The van der Waals surface area contributed by atoms with Crippen LogP contribution in [-0.4, -0.2) is 61.8 Å². The van der Waals surface area contributed by atoms with E-state index in [-0.39, 0.29) is 53.6 Å². The topological polar surface area (TPSA) is 151 Å². The molecule has 5 rings (SSSR count). The fourth-order valence-corrected chi connectivity index (χ4v) is 8.38. The zero-order valence-corrected chi connectivity index (χ0v) is 23.8. The number of benzene rings is 1. The highest BCUT2D eigenvalue weighted by atomic mass is 16.5. The lowest BCUT2D eigenvalue weighted by Crippen LogP contribution is -2.70.